The van der Waals surface area contributed by atoms with Crippen LogP contribution in [0.25, 0.3) is 0 Å². The molecule has 0 aromatic heterocycles. The maximum absolute atomic E-state index is 14.4. The van der Waals surface area contributed by atoms with Crippen LogP contribution in [-0.4, -0.2) is 42.3 Å². The van der Waals surface area contributed by atoms with Crippen LogP contribution in [-0.2, 0) is 14.6 Å². The molecule has 1 aromatic rings. The van der Waals surface area contributed by atoms with E-state index in [9.17, 15) is 17.6 Å². The van der Waals surface area contributed by atoms with Gasteiger partial charge in [0.05, 0.1) is 23.2 Å². The van der Waals surface area contributed by atoms with Gasteiger partial charge in [0.15, 0.2) is 15.0 Å². The number of sulfone groups is 1. The van der Waals surface area contributed by atoms with Crippen molar-refractivity contribution in [2.24, 2.45) is 4.99 Å². The van der Waals surface area contributed by atoms with Gasteiger partial charge < -0.3 is 4.90 Å². The van der Waals surface area contributed by atoms with Gasteiger partial charge in [0.2, 0.25) is 5.91 Å². The molecular weight excluding hydrogens is 407 g/mol. The second-order valence-corrected chi connectivity index (χ2v) is 9.68. The molecule has 0 radical (unpaired) electrons. The zero-order valence-corrected chi connectivity index (χ0v) is 15.4. The molecule has 5 nitrogen and oxygen atoms in total. The molecule has 2 heterocycles. The summed E-state index contributed by atoms with van der Waals surface area (Å²) < 4.78 is 38.8. The molecular formula is C14H14BrFN2O3S2. The van der Waals surface area contributed by atoms with E-state index in [1.54, 1.807) is 24.0 Å². The summed E-state index contributed by atoms with van der Waals surface area (Å²) in [5, 5.41) is 0.148. The minimum absolute atomic E-state index is 0.0241. The topological polar surface area (TPSA) is 66.8 Å². The molecule has 2 aliphatic rings. The Labute approximate surface area is 146 Å². The number of anilines is 1. The number of thioether (sulfide) groups is 1. The fraction of sp³-hybridized carbons (Fsp3) is 0.429. The maximum Gasteiger partial charge on any atom is 0.247 e. The third kappa shape index (κ3) is 3.32. The van der Waals surface area contributed by atoms with E-state index in [1.807, 2.05) is 0 Å². The Morgan fingerprint density at radius 1 is 1.48 bits per heavy atom. The predicted octanol–water partition coefficient (Wildman–Crippen LogP) is 2.60. The van der Waals surface area contributed by atoms with Crippen molar-refractivity contribution in [3.05, 3.63) is 28.5 Å². The van der Waals surface area contributed by atoms with E-state index >= 15 is 0 Å². The molecule has 2 fully saturated rings. The van der Waals surface area contributed by atoms with Crippen molar-refractivity contribution in [3.8, 4) is 0 Å². The van der Waals surface area contributed by atoms with Crippen LogP contribution in [0.4, 0.5) is 10.1 Å². The van der Waals surface area contributed by atoms with E-state index in [2.05, 4.69) is 20.9 Å². The van der Waals surface area contributed by atoms with Gasteiger partial charge in [-0.3, -0.25) is 4.79 Å². The van der Waals surface area contributed by atoms with Gasteiger partial charge in [-0.05, 0) is 18.2 Å². The number of nitrogens with zero attached hydrogens (tertiary/aromatic N) is 2. The zero-order chi connectivity index (χ0) is 16.8. The number of carbonyl (C=O) groups is 1. The molecule has 1 aromatic carbocycles. The average molecular weight is 421 g/mol. The fourth-order valence-electron chi connectivity index (χ4n) is 2.71. The van der Waals surface area contributed by atoms with Gasteiger partial charge in [0.1, 0.15) is 5.82 Å². The van der Waals surface area contributed by atoms with Crippen molar-refractivity contribution >= 4 is 54.3 Å². The quantitative estimate of drug-likeness (QED) is 0.735. The lowest BCUT2D eigenvalue weighted by molar-refractivity contribution is -0.117. The summed E-state index contributed by atoms with van der Waals surface area (Å²) in [4.78, 5) is 17.3. The molecule has 0 saturated carbocycles. The molecule has 2 saturated heterocycles. The number of amides is 1. The van der Waals surface area contributed by atoms with E-state index in [4.69, 9.17) is 0 Å². The summed E-state index contributed by atoms with van der Waals surface area (Å²) in [7, 11) is -3.16. The number of halogens is 2. The molecule has 2 atom stereocenters. The third-order valence-corrected chi connectivity index (χ3v) is 7.46. The zero-order valence-electron chi connectivity index (χ0n) is 12.2. The molecule has 3 rings (SSSR count). The molecule has 0 N–H and O–H groups in total. The normalized spacial score (nSPS) is 27.4. The number of carbonyl (C=O) groups excluding carboxylic acids is 1. The number of hydrogen-bond acceptors (Lipinski definition) is 4. The lowest BCUT2D eigenvalue weighted by atomic mass is 10.2. The Balaban J connectivity index is 2.06. The van der Waals surface area contributed by atoms with Gasteiger partial charge in [0, 0.05) is 16.1 Å². The number of aliphatic imine (C=N–C) groups is 1. The van der Waals surface area contributed by atoms with Gasteiger partial charge >= 0.3 is 0 Å². The first kappa shape index (κ1) is 16.9. The predicted molar refractivity (Wildman–Crippen MR) is 93.1 cm³/mol. The first-order valence-electron chi connectivity index (χ1n) is 7.03. The molecule has 23 heavy (non-hydrogen) atoms. The lowest BCUT2D eigenvalue weighted by Gasteiger charge is -2.25. The number of hydrogen-bond donors (Lipinski definition) is 0. The minimum atomic E-state index is -3.16. The number of benzene rings is 1. The molecule has 2 aliphatic heterocycles. The summed E-state index contributed by atoms with van der Waals surface area (Å²) in [5.74, 6) is -0.824. The Hall–Kier alpha value is -0.930. The van der Waals surface area contributed by atoms with Crippen molar-refractivity contribution in [2.75, 3.05) is 16.4 Å². The van der Waals surface area contributed by atoms with Crippen LogP contribution >= 0.6 is 27.7 Å². The highest BCUT2D eigenvalue weighted by Crippen LogP contribution is 2.42. The van der Waals surface area contributed by atoms with E-state index in [0.717, 1.165) is 0 Å². The number of fused-ring (bicyclic) bond motifs is 1. The molecule has 9 heteroatoms. The smallest absolute Gasteiger partial charge is 0.247 e. The summed E-state index contributed by atoms with van der Waals surface area (Å²) in [6.45, 7) is 1.70. The number of rotatable bonds is 2. The summed E-state index contributed by atoms with van der Waals surface area (Å²) in [5.41, 5.74) is 0.243. The molecule has 0 aliphatic carbocycles. The second kappa shape index (κ2) is 6.18. The van der Waals surface area contributed by atoms with E-state index in [0.29, 0.717) is 9.64 Å². The fourth-order valence-corrected chi connectivity index (χ4v) is 6.97. The van der Waals surface area contributed by atoms with E-state index in [1.165, 1.54) is 17.8 Å². The number of amidine groups is 1. The van der Waals surface area contributed by atoms with Gasteiger partial charge in [-0.2, -0.15) is 4.99 Å². The molecule has 2 unspecified atom stereocenters. The van der Waals surface area contributed by atoms with Gasteiger partial charge in [-0.15, -0.1) is 0 Å². The molecule has 0 bridgehead atoms. The average Bonchev–Trinajstić information content (AvgIpc) is 2.91. The Bertz CT molecular complexity index is 797. The lowest BCUT2D eigenvalue weighted by Crippen LogP contribution is -2.38. The monoisotopic (exact) mass is 420 g/mol. The standard InChI is InChI=1S/C14H14BrFN2O3S2/c1-2-13(19)17-14-18(10-4-3-8(15)5-9(10)16)11-6-23(20,21)7-12(11)22-14/h3-5,11-12H,2,6-7H2,1H3. The van der Waals surface area contributed by atoms with Crippen LogP contribution in [0.2, 0.25) is 0 Å². The summed E-state index contributed by atoms with van der Waals surface area (Å²) in [6.07, 6.45) is 0.244. The van der Waals surface area contributed by atoms with Crippen LogP contribution in [0.3, 0.4) is 0 Å². The van der Waals surface area contributed by atoms with Crippen molar-refractivity contribution in [3.63, 3.8) is 0 Å². The highest BCUT2D eigenvalue weighted by atomic mass is 79.9. The Kier molecular flexibility index (Phi) is 4.54. The van der Waals surface area contributed by atoms with Crippen molar-refractivity contribution in [2.45, 2.75) is 24.6 Å². The van der Waals surface area contributed by atoms with Gasteiger partial charge in [-0.1, -0.05) is 34.6 Å². The highest BCUT2D eigenvalue weighted by Gasteiger charge is 2.49. The minimum Gasteiger partial charge on any atom is -0.313 e. The van der Waals surface area contributed by atoms with Crippen LogP contribution in [0, 0.1) is 5.82 Å². The van der Waals surface area contributed by atoms with Crippen molar-refractivity contribution in [1.29, 1.82) is 0 Å². The Morgan fingerprint density at radius 3 is 2.87 bits per heavy atom. The summed E-state index contributed by atoms with van der Waals surface area (Å²) >= 11 is 4.44. The second-order valence-electron chi connectivity index (χ2n) is 5.41. The van der Waals surface area contributed by atoms with Crippen LogP contribution in [0.15, 0.2) is 27.7 Å². The largest absolute Gasteiger partial charge is 0.313 e. The van der Waals surface area contributed by atoms with Crippen molar-refractivity contribution in [1.82, 2.24) is 0 Å². The van der Waals surface area contributed by atoms with Crippen molar-refractivity contribution < 1.29 is 17.6 Å². The van der Waals surface area contributed by atoms with Gasteiger partial charge in [0.25, 0.3) is 0 Å². The molecule has 124 valence electrons. The highest BCUT2D eigenvalue weighted by molar-refractivity contribution is 9.10. The van der Waals surface area contributed by atoms with Crippen LogP contribution < -0.4 is 4.90 Å². The summed E-state index contributed by atoms with van der Waals surface area (Å²) in [6, 6.07) is 4.16. The molecule has 1 amide bonds. The van der Waals surface area contributed by atoms with Crippen LogP contribution in [0.1, 0.15) is 13.3 Å². The first-order chi connectivity index (χ1) is 10.8. The van der Waals surface area contributed by atoms with Crippen LogP contribution in [0.5, 0.6) is 0 Å². The van der Waals surface area contributed by atoms with E-state index < -0.39 is 21.7 Å². The third-order valence-electron chi connectivity index (χ3n) is 3.76. The SMILES string of the molecule is CCC(=O)N=C1SC2CS(=O)(=O)CC2N1c1ccc(Br)cc1F. The Morgan fingerprint density at radius 2 is 2.22 bits per heavy atom. The molecule has 0 spiro atoms. The maximum atomic E-state index is 14.4. The first-order valence-corrected chi connectivity index (χ1v) is 10.5. The van der Waals surface area contributed by atoms with E-state index in [-0.39, 0.29) is 34.8 Å². The van der Waals surface area contributed by atoms with Gasteiger partial charge in [-0.25, -0.2) is 12.8 Å².